The summed E-state index contributed by atoms with van der Waals surface area (Å²) in [5.74, 6) is 0.520. The molecule has 0 radical (unpaired) electrons. The standard InChI is InChI=1S/C21H26F3N9O2/c1-2-14-16-17(33(31-14)8-9-35-12-21(22,23)24)19(28-15-10-26-5-6-27-15)30-20(29-16)32-7-3-4-13(11-32)18(25)34/h5-6,10,13H,2-4,7-9,11-12H2,1H3,(H2,25,34)(H,27,28,29,30). The minimum atomic E-state index is -4.41. The van der Waals surface area contributed by atoms with Crippen LogP contribution in [-0.4, -0.2) is 68.1 Å². The van der Waals surface area contributed by atoms with Crippen molar-refractivity contribution in [2.24, 2.45) is 11.7 Å². The van der Waals surface area contributed by atoms with Gasteiger partial charge in [-0.1, -0.05) is 6.92 Å². The van der Waals surface area contributed by atoms with Crippen molar-refractivity contribution in [1.29, 1.82) is 0 Å². The van der Waals surface area contributed by atoms with Gasteiger partial charge in [0.1, 0.15) is 23.5 Å². The number of ether oxygens (including phenoxy) is 1. The van der Waals surface area contributed by atoms with Gasteiger partial charge in [-0.3, -0.25) is 14.5 Å². The molecule has 4 rings (SSSR count). The van der Waals surface area contributed by atoms with E-state index >= 15 is 0 Å². The highest BCUT2D eigenvalue weighted by atomic mass is 19.4. The van der Waals surface area contributed by atoms with Gasteiger partial charge in [-0.05, 0) is 19.3 Å². The number of piperidine rings is 1. The number of carbonyl (C=O) groups excluding carboxylic acids is 1. The Labute approximate surface area is 198 Å². The Morgan fingerprint density at radius 2 is 2.14 bits per heavy atom. The maximum absolute atomic E-state index is 12.5. The van der Waals surface area contributed by atoms with Gasteiger partial charge in [-0.2, -0.15) is 23.3 Å². The molecule has 0 aliphatic carbocycles. The van der Waals surface area contributed by atoms with Crippen molar-refractivity contribution in [2.75, 3.05) is 36.5 Å². The Kier molecular flexibility index (Phi) is 7.28. The lowest BCUT2D eigenvalue weighted by molar-refractivity contribution is -0.174. The zero-order valence-electron chi connectivity index (χ0n) is 19.1. The number of nitrogens with two attached hydrogens (primary N) is 1. The number of aromatic nitrogens is 6. The second-order valence-electron chi connectivity index (χ2n) is 8.16. The molecule has 1 saturated heterocycles. The molecule has 0 bridgehead atoms. The lowest BCUT2D eigenvalue weighted by Crippen LogP contribution is -2.42. The molecule has 4 heterocycles. The number of nitrogens with one attached hydrogen (secondary N) is 1. The highest BCUT2D eigenvalue weighted by Crippen LogP contribution is 2.30. The van der Waals surface area contributed by atoms with Crippen LogP contribution >= 0.6 is 0 Å². The lowest BCUT2D eigenvalue weighted by atomic mass is 9.98. The largest absolute Gasteiger partial charge is 0.411 e. The van der Waals surface area contributed by atoms with Gasteiger partial charge in [0.05, 0.1) is 31.0 Å². The first-order valence-electron chi connectivity index (χ1n) is 11.2. The van der Waals surface area contributed by atoms with Gasteiger partial charge in [-0.25, -0.2) is 9.97 Å². The molecule has 1 aliphatic rings. The summed E-state index contributed by atoms with van der Waals surface area (Å²) < 4.78 is 43.7. The van der Waals surface area contributed by atoms with Gasteiger partial charge in [0.15, 0.2) is 5.82 Å². The fraction of sp³-hybridized carbons (Fsp3) is 0.524. The fourth-order valence-electron chi connectivity index (χ4n) is 3.98. The van der Waals surface area contributed by atoms with Gasteiger partial charge >= 0.3 is 6.18 Å². The molecular formula is C21H26F3N9O2. The van der Waals surface area contributed by atoms with E-state index < -0.39 is 12.8 Å². The monoisotopic (exact) mass is 493 g/mol. The van der Waals surface area contributed by atoms with Crippen LogP contribution in [0.25, 0.3) is 11.0 Å². The Morgan fingerprint density at radius 1 is 1.31 bits per heavy atom. The number of aryl methyl sites for hydroxylation is 1. The molecule has 0 spiro atoms. The van der Waals surface area contributed by atoms with Crippen LogP contribution < -0.4 is 16.0 Å². The van der Waals surface area contributed by atoms with Crippen molar-refractivity contribution < 1.29 is 22.7 Å². The van der Waals surface area contributed by atoms with Gasteiger partial charge in [0.25, 0.3) is 0 Å². The molecule has 11 nitrogen and oxygen atoms in total. The van der Waals surface area contributed by atoms with E-state index in [0.717, 1.165) is 6.42 Å². The van der Waals surface area contributed by atoms with Crippen molar-refractivity contribution in [3.8, 4) is 0 Å². The first-order valence-corrected chi connectivity index (χ1v) is 11.2. The fourth-order valence-corrected chi connectivity index (χ4v) is 3.98. The minimum absolute atomic E-state index is 0.0674. The zero-order chi connectivity index (χ0) is 25.0. The third kappa shape index (κ3) is 5.93. The van der Waals surface area contributed by atoms with Crippen LogP contribution in [0, 0.1) is 5.92 Å². The number of hydrogen-bond donors (Lipinski definition) is 2. The minimum Gasteiger partial charge on any atom is -0.370 e. The normalized spacial score (nSPS) is 16.6. The van der Waals surface area contributed by atoms with E-state index in [1.54, 1.807) is 0 Å². The number of nitrogens with zero attached hydrogens (tertiary/aromatic N) is 7. The molecule has 1 unspecified atom stereocenters. The maximum atomic E-state index is 12.5. The first-order chi connectivity index (χ1) is 16.7. The van der Waals surface area contributed by atoms with Crippen molar-refractivity contribution in [1.82, 2.24) is 29.7 Å². The highest BCUT2D eigenvalue weighted by Gasteiger charge is 2.29. The Bertz CT molecular complexity index is 1170. The van der Waals surface area contributed by atoms with Crippen LogP contribution in [0.2, 0.25) is 0 Å². The van der Waals surface area contributed by atoms with Crippen LogP contribution in [0.4, 0.5) is 30.8 Å². The zero-order valence-corrected chi connectivity index (χ0v) is 19.1. The quantitative estimate of drug-likeness (QED) is 0.430. The predicted molar refractivity (Wildman–Crippen MR) is 121 cm³/mol. The van der Waals surface area contributed by atoms with E-state index in [9.17, 15) is 18.0 Å². The number of rotatable bonds is 9. The number of hydrogen-bond acceptors (Lipinski definition) is 9. The van der Waals surface area contributed by atoms with Crippen molar-refractivity contribution in [3.05, 3.63) is 24.3 Å². The van der Waals surface area contributed by atoms with E-state index in [1.165, 1.54) is 23.3 Å². The summed E-state index contributed by atoms with van der Waals surface area (Å²) in [4.78, 5) is 31.4. The Hall–Kier alpha value is -3.55. The van der Waals surface area contributed by atoms with E-state index in [2.05, 4.69) is 20.4 Å². The molecule has 3 aromatic heterocycles. The second kappa shape index (κ2) is 10.4. The summed E-state index contributed by atoms with van der Waals surface area (Å²) in [7, 11) is 0. The molecule has 3 N–H and O–H groups in total. The van der Waals surface area contributed by atoms with Gasteiger partial charge in [-0.15, -0.1) is 0 Å². The predicted octanol–water partition coefficient (Wildman–Crippen LogP) is 2.20. The molecule has 1 fully saturated rings. The average Bonchev–Trinajstić information content (AvgIpc) is 3.20. The SMILES string of the molecule is CCc1nn(CCOCC(F)(F)F)c2c(Nc3cnccn3)nc(N3CCCC(C(N)=O)C3)nc12. The topological polar surface area (TPSA) is 137 Å². The Balaban J connectivity index is 1.72. The third-order valence-electron chi connectivity index (χ3n) is 5.61. The number of carbonyl (C=O) groups is 1. The highest BCUT2D eigenvalue weighted by molar-refractivity contribution is 5.90. The number of fused-ring (bicyclic) bond motifs is 1. The number of primary amides is 1. The maximum Gasteiger partial charge on any atom is 0.411 e. The molecule has 35 heavy (non-hydrogen) atoms. The van der Waals surface area contributed by atoms with Gasteiger partial charge in [0.2, 0.25) is 11.9 Å². The molecule has 1 amide bonds. The summed E-state index contributed by atoms with van der Waals surface area (Å²) in [5.41, 5.74) is 7.26. The lowest BCUT2D eigenvalue weighted by Gasteiger charge is -2.31. The summed E-state index contributed by atoms with van der Waals surface area (Å²) in [6, 6.07) is 0. The number of halogens is 3. The molecule has 1 aliphatic heterocycles. The first kappa shape index (κ1) is 24.6. The van der Waals surface area contributed by atoms with E-state index in [-0.39, 0.29) is 25.0 Å². The van der Waals surface area contributed by atoms with Crippen molar-refractivity contribution >= 4 is 34.5 Å². The van der Waals surface area contributed by atoms with Crippen LogP contribution in [0.1, 0.15) is 25.5 Å². The number of amides is 1. The molecule has 1 atom stereocenters. The number of anilines is 3. The third-order valence-corrected chi connectivity index (χ3v) is 5.61. The second-order valence-corrected chi connectivity index (χ2v) is 8.16. The van der Waals surface area contributed by atoms with E-state index in [4.69, 9.17) is 20.4 Å². The molecule has 3 aromatic rings. The smallest absolute Gasteiger partial charge is 0.370 e. The Morgan fingerprint density at radius 3 is 2.83 bits per heavy atom. The summed E-state index contributed by atoms with van der Waals surface area (Å²) >= 11 is 0. The summed E-state index contributed by atoms with van der Waals surface area (Å²) in [6.07, 6.45) is 2.16. The van der Waals surface area contributed by atoms with Crippen LogP contribution in [0.5, 0.6) is 0 Å². The average molecular weight is 493 g/mol. The van der Waals surface area contributed by atoms with Crippen LogP contribution in [-0.2, 0) is 22.5 Å². The number of alkyl halides is 3. The van der Waals surface area contributed by atoms with E-state index in [1.807, 2.05) is 11.8 Å². The van der Waals surface area contributed by atoms with E-state index in [0.29, 0.717) is 60.2 Å². The van der Waals surface area contributed by atoms with Crippen molar-refractivity contribution in [3.63, 3.8) is 0 Å². The van der Waals surface area contributed by atoms with Gasteiger partial charge in [0, 0.05) is 25.5 Å². The van der Waals surface area contributed by atoms with Crippen LogP contribution in [0.3, 0.4) is 0 Å². The molecule has 14 heteroatoms. The van der Waals surface area contributed by atoms with Crippen molar-refractivity contribution in [2.45, 2.75) is 38.9 Å². The molecule has 0 saturated carbocycles. The molecule has 0 aromatic carbocycles. The molecule has 188 valence electrons. The summed E-state index contributed by atoms with van der Waals surface area (Å²) in [5, 5.41) is 7.69. The van der Waals surface area contributed by atoms with Crippen LogP contribution in [0.15, 0.2) is 18.6 Å². The van der Waals surface area contributed by atoms with Gasteiger partial charge < -0.3 is 20.7 Å². The molecular weight excluding hydrogens is 467 g/mol. The summed E-state index contributed by atoms with van der Waals surface area (Å²) in [6.45, 7) is 1.49.